The van der Waals surface area contributed by atoms with Crippen LogP contribution in [0.2, 0.25) is 0 Å². The lowest BCUT2D eigenvalue weighted by Gasteiger charge is -2.14. The van der Waals surface area contributed by atoms with E-state index in [4.69, 9.17) is 9.52 Å². The molecule has 1 rings (SSSR count). The molecule has 0 saturated carbocycles. The Balaban J connectivity index is 2.34. The fraction of sp³-hybridized carbons (Fsp3) is 0.500. The van der Waals surface area contributed by atoms with Gasteiger partial charge in [-0.3, -0.25) is 0 Å². The summed E-state index contributed by atoms with van der Waals surface area (Å²) >= 11 is 0. The number of hydrogen-bond acceptors (Lipinski definition) is 3. The number of carboxylic acid groups (broad SMARTS) is 1. The highest BCUT2D eigenvalue weighted by atomic mass is 16.4. The monoisotopic (exact) mass is 254 g/mol. The number of hydrogen-bond donors (Lipinski definition) is 3. The van der Waals surface area contributed by atoms with E-state index in [-0.39, 0.29) is 0 Å². The van der Waals surface area contributed by atoms with Crippen molar-refractivity contribution in [3.05, 3.63) is 24.2 Å². The topological polar surface area (TPSA) is 91.6 Å². The van der Waals surface area contributed by atoms with Crippen molar-refractivity contribution in [1.82, 2.24) is 10.6 Å². The van der Waals surface area contributed by atoms with Crippen LogP contribution in [0.1, 0.15) is 31.7 Å². The summed E-state index contributed by atoms with van der Waals surface area (Å²) in [5.41, 5.74) is 0.825. The van der Waals surface area contributed by atoms with E-state index < -0.39 is 18.0 Å². The van der Waals surface area contributed by atoms with E-state index in [1.54, 1.807) is 6.07 Å². The number of carbonyl (C=O) groups excluding carboxylic acids is 1. The molecule has 18 heavy (non-hydrogen) atoms. The minimum atomic E-state index is -1.01. The second-order valence-electron chi connectivity index (χ2n) is 3.99. The van der Waals surface area contributed by atoms with Gasteiger partial charge in [0.05, 0.1) is 12.5 Å². The van der Waals surface area contributed by atoms with E-state index in [2.05, 4.69) is 10.6 Å². The van der Waals surface area contributed by atoms with Gasteiger partial charge >= 0.3 is 12.0 Å². The molecule has 6 nitrogen and oxygen atoms in total. The summed E-state index contributed by atoms with van der Waals surface area (Å²) in [7, 11) is 0. The summed E-state index contributed by atoms with van der Waals surface area (Å²) in [5, 5.41) is 14.0. The maximum atomic E-state index is 11.5. The minimum Gasteiger partial charge on any atom is -0.480 e. The van der Waals surface area contributed by atoms with E-state index in [9.17, 15) is 9.59 Å². The third-order valence-electron chi connectivity index (χ3n) is 2.48. The van der Waals surface area contributed by atoms with Crippen LogP contribution >= 0.6 is 0 Å². The van der Waals surface area contributed by atoms with Gasteiger partial charge in [-0.05, 0) is 12.5 Å². The molecule has 0 saturated heterocycles. The van der Waals surface area contributed by atoms with Gasteiger partial charge in [-0.25, -0.2) is 9.59 Å². The number of carboxylic acids is 1. The number of urea groups is 1. The van der Waals surface area contributed by atoms with E-state index in [1.807, 2.05) is 6.92 Å². The van der Waals surface area contributed by atoms with Gasteiger partial charge in [-0.15, -0.1) is 0 Å². The third kappa shape index (κ3) is 4.90. The molecule has 0 spiro atoms. The molecule has 0 bridgehead atoms. The van der Waals surface area contributed by atoms with Gasteiger partial charge in [0.25, 0.3) is 0 Å². The normalized spacial score (nSPS) is 11.8. The fourth-order valence-electron chi connectivity index (χ4n) is 1.45. The number of aliphatic carboxylic acids is 1. The molecule has 0 aliphatic rings. The highest BCUT2D eigenvalue weighted by Gasteiger charge is 2.18. The molecular formula is C12H18N2O4. The quantitative estimate of drug-likeness (QED) is 0.691. The molecular weight excluding hydrogens is 236 g/mol. The second-order valence-corrected chi connectivity index (χ2v) is 3.99. The number of unbranched alkanes of at least 4 members (excludes halogenated alkanes) is 1. The van der Waals surface area contributed by atoms with Crippen molar-refractivity contribution in [1.29, 1.82) is 0 Å². The first-order chi connectivity index (χ1) is 8.63. The standard InChI is InChI=1S/C12H18N2O4/c1-2-3-4-10(11(15)16)14-12(17)13-7-9-5-6-18-8-9/h5-6,8,10H,2-4,7H2,1H3,(H,15,16)(H2,13,14,17). The fourth-order valence-corrected chi connectivity index (χ4v) is 1.45. The number of carbonyl (C=O) groups is 2. The van der Waals surface area contributed by atoms with Crippen molar-refractivity contribution >= 4 is 12.0 Å². The molecule has 0 aromatic carbocycles. The predicted molar refractivity (Wildman–Crippen MR) is 65.0 cm³/mol. The van der Waals surface area contributed by atoms with Crippen LogP contribution in [0.4, 0.5) is 4.79 Å². The molecule has 1 atom stereocenters. The van der Waals surface area contributed by atoms with Crippen LogP contribution in [0.15, 0.2) is 23.0 Å². The van der Waals surface area contributed by atoms with Crippen molar-refractivity contribution in [3.8, 4) is 0 Å². The molecule has 2 amide bonds. The van der Waals surface area contributed by atoms with Crippen LogP contribution in [-0.4, -0.2) is 23.1 Å². The predicted octanol–water partition coefficient (Wildman–Crippen LogP) is 1.72. The second kappa shape index (κ2) is 7.37. The average molecular weight is 254 g/mol. The van der Waals surface area contributed by atoms with E-state index in [0.29, 0.717) is 13.0 Å². The van der Waals surface area contributed by atoms with Crippen molar-refractivity contribution in [2.75, 3.05) is 0 Å². The zero-order valence-electron chi connectivity index (χ0n) is 10.3. The molecule has 0 aliphatic heterocycles. The Kier molecular flexibility index (Phi) is 5.76. The molecule has 1 aromatic heterocycles. The minimum absolute atomic E-state index is 0.308. The Hall–Kier alpha value is -1.98. The Morgan fingerprint density at radius 1 is 1.50 bits per heavy atom. The zero-order valence-corrected chi connectivity index (χ0v) is 10.3. The van der Waals surface area contributed by atoms with Gasteiger partial charge in [-0.1, -0.05) is 19.8 Å². The van der Waals surface area contributed by atoms with Gasteiger partial charge in [-0.2, -0.15) is 0 Å². The first kappa shape index (κ1) is 14.1. The van der Waals surface area contributed by atoms with Gasteiger partial charge in [0.15, 0.2) is 0 Å². The summed E-state index contributed by atoms with van der Waals surface area (Å²) in [6.45, 7) is 2.28. The van der Waals surface area contributed by atoms with Gasteiger partial charge in [0.2, 0.25) is 0 Å². The van der Waals surface area contributed by atoms with Crippen molar-refractivity contribution < 1.29 is 19.1 Å². The average Bonchev–Trinajstić information content (AvgIpc) is 2.84. The first-order valence-electron chi connectivity index (χ1n) is 5.91. The lowest BCUT2D eigenvalue weighted by Crippen LogP contribution is -2.45. The van der Waals surface area contributed by atoms with Crippen LogP contribution in [0.5, 0.6) is 0 Å². The largest absolute Gasteiger partial charge is 0.480 e. The van der Waals surface area contributed by atoms with E-state index in [0.717, 1.165) is 18.4 Å². The number of nitrogens with one attached hydrogen (secondary N) is 2. The Labute approximate surface area is 105 Å². The smallest absolute Gasteiger partial charge is 0.326 e. The lowest BCUT2D eigenvalue weighted by molar-refractivity contribution is -0.139. The van der Waals surface area contributed by atoms with Crippen molar-refractivity contribution in [3.63, 3.8) is 0 Å². The molecule has 3 N–H and O–H groups in total. The van der Waals surface area contributed by atoms with Crippen LogP contribution in [-0.2, 0) is 11.3 Å². The van der Waals surface area contributed by atoms with Gasteiger partial charge in [0, 0.05) is 12.1 Å². The van der Waals surface area contributed by atoms with Gasteiger partial charge < -0.3 is 20.2 Å². The highest BCUT2D eigenvalue weighted by molar-refractivity contribution is 5.82. The van der Waals surface area contributed by atoms with Crippen LogP contribution in [0.3, 0.4) is 0 Å². The van der Waals surface area contributed by atoms with Crippen molar-refractivity contribution in [2.24, 2.45) is 0 Å². The van der Waals surface area contributed by atoms with E-state index >= 15 is 0 Å². The number of rotatable bonds is 7. The summed E-state index contributed by atoms with van der Waals surface area (Å²) in [6.07, 6.45) is 5.12. The molecule has 1 heterocycles. The van der Waals surface area contributed by atoms with Crippen LogP contribution in [0, 0.1) is 0 Å². The summed E-state index contributed by atoms with van der Waals surface area (Å²) < 4.78 is 4.85. The molecule has 100 valence electrons. The lowest BCUT2D eigenvalue weighted by atomic mass is 10.1. The first-order valence-corrected chi connectivity index (χ1v) is 5.91. The summed E-state index contributed by atoms with van der Waals surface area (Å²) in [4.78, 5) is 22.4. The molecule has 0 aliphatic carbocycles. The van der Waals surface area contributed by atoms with E-state index in [1.165, 1.54) is 12.5 Å². The van der Waals surface area contributed by atoms with Gasteiger partial charge in [0.1, 0.15) is 6.04 Å². The molecule has 0 radical (unpaired) electrons. The number of furan rings is 1. The Morgan fingerprint density at radius 3 is 2.83 bits per heavy atom. The van der Waals surface area contributed by atoms with Crippen molar-refractivity contribution in [2.45, 2.75) is 38.8 Å². The zero-order chi connectivity index (χ0) is 13.4. The Morgan fingerprint density at radius 2 is 2.28 bits per heavy atom. The Bertz CT molecular complexity index is 375. The SMILES string of the molecule is CCCCC(NC(=O)NCc1ccoc1)C(=O)O. The molecule has 6 heteroatoms. The number of amides is 2. The molecule has 1 unspecified atom stereocenters. The molecule has 0 fully saturated rings. The molecule has 1 aromatic rings. The van der Waals surface area contributed by atoms with Crippen LogP contribution in [0.25, 0.3) is 0 Å². The highest BCUT2D eigenvalue weighted by Crippen LogP contribution is 2.01. The summed E-state index contributed by atoms with van der Waals surface area (Å²) in [6, 6.07) is 0.403. The maximum absolute atomic E-state index is 11.5. The summed E-state index contributed by atoms with van der Waals surface area (Å²) in [5.74, 6) is -1.01. The van der Waals surface area contributed by atoms with Crippen LogP contribution < -0.4 is 10.6 Å². The maximum Gasteiger partial charge on any atom is 0.326 e. The third-order valence-corrected chi connectivity index (χ3v) is 2.48.